The lowest BCUT2D eigenvalue weighted by Crippen LogP contribution is -2.25. The molecule has 0 nitrogen and oxygen atoms in total. The molecule has 0 bridgehead atoms. The Kier molecular flexibility index (Phi) is 3.10. The highest BCUT2D eigenvalue weighted by atomic mass is 14.5. The van der Waals surface area contributed by atoms with Crippen molar-refractivity contribution in [3.8, 4) is 0 Å². The van der Waals surface area contributed by atoms with Crippen LogP contribution in [0.1, 0.15) is 64.0 Å². The summed E-state index contributed by atoms with van der Waals surface area (Å²) in [6.07, 6.45) is 3.95. The summed E-state index contributed by atoms with van der Waals surface area (Å²) >= 11 is 0. The van der Waals surface area contributed by atoms with E-state index < -0.39 is 0 Å². The quantitative estimate of drug-likeness (QED) is 0.675. The van der Waals surface area contributed by atoms with Crippen LogP contribution in [0.15, 0.2) is 24.3 Å². The van der Waals surface area contributed by atoms with Crippen molar-refractivity contribution in [2.24, 2.45) is 5.92 Å². The third kappa shape index (κ3) is 1.59. The first-order valence-electron chi connectivity index (χ1n) is 6.72. The van der Waals surface area contributed by atoms with Crippen molar-refractivity contribution < 1.29 is 0 Å². The highest BCUT2D eigenvalue weighted by Crippen LogP contribution is 2.53. The maximum Gasteiger partial charge on any atom is -0.00667 e. The zero-order valence-corrected chi connectivity index (χ0v) is 11.1. The average molecular weight is 216 g/mol. The molecule has 0 saturated heterocycles. The highest BCUT2D eigenvalue weighted by Gasteiger charge is 2.44. The van der Waals surface area contributed by atoms with E-state index in [2.05, 4.69) is 52.0 Å². The Morgan fingerprint density at radius 3 is 2.44 bits per heavy atom. The second-order valence-electron chi connectivity index (χ2n) is 5.72. The van der Waals surface area contributed by atoms with Gasteiger partial charge in [-0.25, -0.2) is 0 Å². The molecule has 2 unspecified atom stereocenters. The second-order valence-corrected chi connectivity index (χ2v) is 5.72. The summed E-state index contributed by atoms with van der Waals surface area (Å²) in [5.74, 6) is 1.62. The van der Waals surface area contributed by atoms with Crippen molar-refractivity contribution in [2.75, 3.05) is 0 Å². The minimum Gasteiger partial charge on any atom is -0.0654 e. The second kappa shape index (κ2) is 4.24. The van der Waals surface area contributed by atoms with E-state index in [-0.39, 0.29) is 0 Å². The number of hydrogen-bond acceptors (Lipinski definition) is 0. The smallest absolute Gasteiger partial charge is 0.00667 e. The van der Waals surface area contributed by atoms with Crippen LogP contribution in [-0.4, -0.2) is 0 Å². The molecule has 0 aliphatic heterocycles. The standard InChI is InChI=1S/C16H24/c1-5-9-14-12(6-2)13-10-7-8-11-15(13)16(14,3)4/h7-8,10-12,14H,5-6,9H2,1-4H3. The Balaban J connectivity index is 2.46. The molecule has 0 fully saturated rings. The fourth-order valence-corrected chi connectivity index (χ4v) is 3.70. The van der Waals surface area contributed by atoms with Gasteiger partial charge in [-0.15, -0.1) is 0 Å². The Bertz CT molecular complexity index is 362. The predicted octanol–water partition coefficient (Wildman–Crippen LogP) is 4.89. The van der Waals surface area contributed by atoms with E-state index >= 15 is 0 Å². The van der Waals surface area contributed by atoms with Crippen molar-refractivity contribution in [3.05, 3.63) is 35.4 Å². The van der Waals surface area contributed by atoms with Gasteiger partial charge in [0.15, 0.2) is 0 Å². The molecule has 0 amide bonds. The van der Waals surface area contributed by atoms with Crippen LogP contribution in [0.3, 0.4) is 0 Å². The summed E-state index contributed by atoms with van der Waals surface area (Å²) in [4.78, 5) is 0. The number of benzene rings is 1. The first-order chi connectivity index (χ1) is 7.62. The summed E-state index contributed by atoms with van der Waals surface area (Å²) in [5, 5.41) is 0. The SMILES string of the molecule is CCCC1C(CC)c2ccccc2C1(C)C. The van der Waals surface area contributed by atoms with Gasteiger partial charge in [0.2, 0.25) is 0 Å². The lowest BCUT2D eigenvalue weighted by Gasteiger charge is -2.31. The Labute approximate surface area is 100 Å². The van der Waals surface area contributed by atoms with Crippen LogP contribution in [-0.2, 0) is 5.41 Å². The van der Waals surface area contributed by atoms with Crippen molar-refractivity contribution >= 4 is 0 Å². The molecule has 0 aromatic heterocycles. The third-order valence-corrected chi connectivity index (χ3v) is 4.51. The number of fused-ring (bicyclic) bond motifs is 1. The van der Waals surface area contributed by atoms with Gasteiger partial charge in [-0.05, 0) is 41.2 Å². The molecular formula is C16H24. The monoisotopic (exact) mass is 216 g/mol. The summed E-state index contributed by atoms with van der Waals surface area (Å²) in [5.41, 5.74) is 3.58. The molecule has 2 rings (SSSR count). The molecule has 0 N–H and O–H groups in total. The van der Waals surface area contributed by atoms with Crippen molar-refractivity contribution in [1.82, 2.24) is 0 Å². The largest absolute Gasteiger partial charge is 0.0654 e. The van der Waals surface area contributed by atoms with Crippen LogP contribution in [0.2, 0.25) is 0 Å². The molecular weight excluding hydrogens is 192 g/mol. The van der Waals surface area contributed by atoms with Gasteiger partial charge in [0.1, 0.15) is 0 Å². The van der Waals surface area contributed by atoms with Crippen LogP contribution in [0.5, 0.6) is 0 Å². The van der Waals surface area contributed by atoms with Gasteiger partial charge in [0, 0.05) is 0 Å². The van der Waals surface area contributed by atoms with E-state index in [4.69, 9.17) is 0 Å². The normalized spacial score (nSPS) is 26.8. The number of rotatable bonds is 3. The van der Waals surface area contributed by atoms with E-state index in [0.717, 1.165) is 11.8 Å². The summed E-state index contributed by atoms with van der Waals surface area (Å²) in [7, 11) is 0. The minimum atomic E-state index is 0.368. The summed E-state index contributed by atoms with van der Waals surface area (Å²) < 4.78 is 0. The molecule has 0 heterocycles. The number of hydrogen-bond donors (Lipinski definition) is 0. The van der Waals surface area contributed by atoms with Crippen LogP contribution in [0.25, 0.3) is 0 Å². The van der Waals surface area contributed by atoms with Crippen LogP contribution < -0.4 is 0 Å². The van der Waals surface area contributed by atoms with Crippen LogP contribution in [0.4, 0.5) is 0 Å². The molecule has 2 atom stereocenters. The predicted molar refractivity (Wildman–Crippen MR) is 70.9 cm³/mol. The van der Waals surface area contributed by atoms with E-state index in [9.17, 15) is 0 Å². The van der Waals surface area contributed by atoms with Crippen molar-refractivity contribution in [3.63, 3.8) is 0 Å². The molecule has 88 valence electrons. The molecule has 0 radical (unpaired) electrons. The topological polar surface area (TPSA) is 0 Å². The zero-order valence-electron chi connectivity index (χ0n) is 11.1. The molecule has 1 aromatic rings. The van der Waals surface area contributed by atoms with Gasteiger partial charge in [-0.1, -0.05) is 58.4 Å². The molecule has 0 saturated carbocycles. The molecule has 0 spiro atoms. The maximum atomic E-state index is 2.43. The molecule has 0 heteroatoms. The summed E-state index contributed by atoms with van der Waals surface area (Å²) in [6, 6.07) is 9.09. The van der Waals surface area contributed by atoms with Crippen molar-refractivity contribution in [2.45, 2.75) is 58.3 Å². The lowest BCUT2D eigenvalue weighted by atomic mass is 9.73. The first-order valence-corrected chi connectivity index (χ1v) is 6.72. The Morgan fingerprint density at radius 1 is 1.12 bits per heavy atom. The molecule has 1 aromatic carbocycles. The van der Waals surface area contributed by atoms with Gasteiger partial charge in [0.05, 0.1) is 0 Å². The minimum absolute atomic E-state index is 0.368. The molecule has 1 aliphatic carbocycles. The van der Waals surface area contributed by atoms with Crippen LogP contribution in [0, 0.1) is 5.92 Å². The summed E-state index contributed by atoms with van der Waals surface area (Å²) in [6.45, 7) is 9.51. The van der Waals surface area contributed by atoms with E-state index in [1.165, 1.54) is 19.3 Å². The fourth-order valence-electron chi connectivity index (χ4n) is 3.70. The van der Waals surface area contributed by atoms with Gasteiger partial charge in [0.25, 0.3) is 0 Å². The van der Waals surface area contributed by atoms with Crippen molar-refractivity contribution in [1.29, 1.82) is 0 Å². The van der Waals surface area contributed by atoms with Gasteiger partial charge < -0.3 is 0 Å². The first kappa shape index (κ1) is 11.7. The van der Waals surface area contributed by atoms with Gasteiger partial charge in [-0.2, -0.15) is 0 Å². The lowest BCUT2D eigenvalue weighted by molar-refractivity contribution is 0.277. The Morgan fingerprint density at radius 2 is 1.81 bits per heavy atom. The highest BCUT2D eigenvalue weighted by molar-refractivity contribution is 5.43. The van der Waals surface area contributed by atoms with E-state index in [1.807, 2.05) is 0 Å². The molecule has 1 aliphatic rings. The Hall–Kier alpha value is -0.780. The molecule has 16 heavy (non-hydrogen) atoms. The van der Waals surface area contributed by atoms with Gasteiger partial charge >= 0.3 is 0 Å². The zero-order chi connectivity index (χ0) is 11.8. The maximum absolute atomic E-state index is 2.43. The van der Waals surface area contributed by atoms with E-state index in [0.29, 0.717) is 5.41 Å². The van der Waals surface area contributed by atoms with E-state index in [1.54, 1.807) is 11.1 Å². The average Bonchev–Trinajstić information content (AvgIpc) is 2.49. The fraction of sp³-hybridized carbons (Fsp3) is 0.625. The van der Waals surface area contributed by atoms with Gasteiger partial charge in [-0.3, -0.25) is 0 Å². The third-order valence-electron chi connectivity index (χ3n) is 4.51. The van der Waals surface area contributed by atoms with Crippen LogP contribution >= 0.6 is 0 Å².